The van der Waals surface area contributed by atoms with Gasteiger partial charge < -0.3 is 14.9 Å². The van der Waals surface area contributed by atoms with Crippen LogP contribution in [0.15, 0.2) is 36.4 Å². The molecule has 0 atom stereocenters. The number of ketones is 1. The lowest BCUT2D eigenvalue weighted by molar-refractivity contribution is -0.384. The quantitative estimate of drug-likeness (QED) is 0.458. The molecule has 2 rings (SSSR count). The van der Waals surface area contributed by atoms with Crippen LogP contribution in [0.4, 0.5) is 5.69 Å². The molecule has 0 aliphatic carbocycles. The molecule has 2 N–H and O–H groups in total. The number of benzene rings is 2. The third-order valence-corrected chi connectivity index (χ3v) is 3.43. The molecule has 0 amide bonds. The minimum Gasteiger partial charge on any atom is -0.508 e. The highest BCUT2D eigenvalue weighted by molar-refractivity contribution is 6.00. The largest absolute Gasteiger partial charge is 0.508 e. The van der Waals surface area contributed by atoms with Crippen molar-refractivity contribution in [2.75, 3.05) is 6.61 Å². The van der Waals surface area contributed by atoms with Crippen LogP contribution in [0.25, 0.3) is 0 Å². The van der Waals surface area contributed by atoms with Gasteiger partial charge in [-0.2, -0.15) is 0 Å². The van der Waals surface area contributed by atoms with Crippen LogP contribution in [0.1, 0.15) is 29.3 Å². The van der Waals surface area contributed by atoms with Crippen LogP contribution in [0.5, 0.6) is 17.2 Å². The maximum atomic E-state index is 12.2. The first-order valence-electron chi connectivity index (χ1n) is 7.37. The van der Waals surface area contributed by atoms with Gasteiger partial charge in [0.25, 0.3) is 5.69 Å². The average molecular weight is 331 g/mol. The second-order valence-electron chi connectivity index (χ2n) is 5.21. The molecule has 0 aromatic heterocycles. The fourth-order valence-electron chi connectivity index (χ4n) is 2.21. The maximum absolute atomic E-state index is 12.2. The number of hydrogen-bond donors (Lipinski definition) is 2. The number of aromatic hydroxyl groups is 2. The summed E-state index contributed by atoms with van der Waals surface area (Å²) in [5, 5.41) is 30.2. The Morgan fingerprint density at radius 2 is 1.83 bits per heavy atom. The van der Waals surface area contributed by atoms with Gasteiger partial charge in [-0.15, -0.1) is 0 Å². The van der Waals surface area contributed by atoms with Crippen molar-refractivity contribution in [2.24, 2.45) is 0 Å². The number of carbonyl (C=O) groups excluding carboxylic acids is 1. The fraction of sp³-hybridized carbons (Fsp3) is 0.235. The van der Waals surface area contributed by atoms with Gasteiger partial charge in [-0.25, -0.2) is 0 Å². The van der Waals surface area contributed by atoms with Gasteiger partial charge >= 0.3 is 0 Å². The molecule has 126 valence electrons. The highest BCUT2D eigenvalue weighted by Crippen LogP contribution is 2.29. The molecule has 0 saturated carbocycles. The van der Waals surface area contributed by atoms with Crippen LogP contribution in [0.3, 0.4) is 0 Å². The second-order valence-corrected chi connectivity index (χ2v) is 5.21. The predicted octanol–water partition coefficient (Wildman–Crippen LogP) is 3.22. The van der Waals surface area contributed by atoms with Crippen molar-refractivity contribution in [3.05, 3.63) is 57.6 Å². The Balaban J connectivity index is 2.09. The lowest BCUT2D eigenvalue weighted by Gasteiger charge is -2.10. The summed E-state index contributed by atoms with van der Waals surface area (Å²) in [5.74, 6) is -0.518. The molecule has 7 heteroatoms. The molecule has 0 heterocycles. The number of carbonyl (C=O) groups is 1. The van der Waals surface area contributed by atoms with E-state index < -0.39 is 10.7 Å². The van der Waals surface area contributed by atoms with E-state index in [4.69, 9.17) is 4.74 Å². The Morgan fingerprint density at radius 1 is 1.17 bits per heavy atom. The van der Waals surface area contributed by atoms with E-state index in [0.29, 0.717) is 17.7 Å². The second kappa shape index (κ2) is 7.45. The first-order valence-corrected chi connectivity index (χ1v) is 7.37. The van der Waals surface area contributed by atoms with E-state index in [1.54, 1.807) is 0 Å². The molecule has 0 saturated heterocycles. The zero-order chi connectivity index (χ0) is 17.7. The van der Waals surface area contributed by atoms with Crippen LogP contribution in [0.2, 0.25) is 0 Å². The number of rotatable bonds is 7. The average Bonchev–Trinajstić information content (AvgIpc) is 2.55. The van der Waals surface area contributed by atoms with Crippen molar-refractivity contribution >= 4 is 11.5 Å². The number of hydrogen-bond acceptors (Lipinski definition) is 6. The summed E-state index contributed by atoms with van der Waals surface area (Å²) in [5.41, 5.74) is 0.571. The van der Waals surface area contributed by atoms with Crippen LogP contribution >= 0.6 is 0 Å². The van der Waals surface area contributed by atoms with Gasteiger partial charge in [-0.1, -0.05) is 13.3 Å². The fourth-order valence-corrected chi connectivity index (χ4v) is 2.21. The molecule has 0 fully saturated rings. The molecule has 0 aliphatic heterocycles. The molecule has 0 unspecified atom stereocenters. The van der Waals surface area contributed by atoms with Crippen LogP contribution in [-0.2, 0) is 6.42 Å². The summed E-state index contributed by atoms with van der Waals surface area (Å²) < 4.78 is 5.30. The van der Waals surface area contributed by atoms with Crippen molar-refractivity contribution in [1.29, 1.82) is 0 Å². The maximum Gasteiger partial charge on any atom is 0.269 e. The molecule has 0 spiro atoms. The minimum absolute atomic E-state index is 0.0535. The summed E-state index contributed by atoms with van der Waals surface area (Å²) in [6.07, 6.45) is 1.36. The Morgan fingerprint density at radius 3 is 2.42 bits per heavy atom. The summed E-state index contributed by atoms with van der Waals surface area (Å²) >= 11 is 0. The van der Waals surface area contributed by atoms with Crippen molar-refractivity contribution in [3.8, 4) is 17.2 Å². The molecule has 7 nitrogen and oxygen atoms in total. The lowest BCUT2D eigenvalue weighted by atomic mass is 10.0. The first kappa shape index (κ1) is 17.3. The smallest absolute Gasteiger partial charge is 0.269 e. The number of aryl methyl sites for hydroxylation is 1. The van der Waals surface area contributed by atoms with E-state index in [1.165, 1.54) is 30.3 Å². The van der Waals surface area contributed by atoms with Gasteiger partial charge in [0.1, 0.15) is 17.2 Å². The van der Waals surface area contributed by atoms with E-state index in [2.05, 4.69) is 0 Å². The van der Waals surface area contributed by atoms with Gasteiger partial charge in [0.15, 0.2) is 6.61 Å². The molecular weight excluding hydrogens is 314 g/mol. The van der Waals surface area contributed by atoms with Crippen LogP contribution < -0.4 is 4.74 Å². The van der Waals surface area contributed by atoms with E-state index in [-0.39, 0.29) is 29.4 Å². The number of ether oxygens (including phenoxy) is 1. The summed E-state index contributed by atoms with van der Waals surface area (Å²) in [6, 6.07) is 7.93. The molecule has 0 bridgehead atoms. The normalized spacial score (nSPS) is 10.4. The lowest BCUT2D eigenvalue weighted by Crippen LogP contribution is -2.12. The zero-order valence-electron chi connectivity index (χ0n) is 13.1. The third-order valence-electron chi connectivity index (χ3n) is 3.43. The molecular formula is C17H17NO6. The van der Waals surface area contributed by atoms with Gasteiger partial charge in [0, 0.05) is 18.2 Å². The molecule has 24 heavy (non-hydrogen) atoms. The number of Topliss-reactive ketones (excluding diaryl/α,β-unsaturated/α-hetero) is 1. The van der Waals surface area contributed by atoms with Gasteiger partial charge in [-0.3, -0.25) is 14.9 Å². The van der Waals surface area contributed by atoms with E-state index >= 15 is 0 Å². The summed E-state index contributed by atoms with van der Waals surface area (Å²) in [4.78, 5) is 22.3. The van der Waals surface area contributed by atoms with Crippen LogP contribution in [-0.4, -0.2) is 27.5 Å². The standard InChI is InChI=1S/C17H17NO6/c1-2-3-11-8-14(16(20)9-15(11)19)17(21)10-24-13-6-4-12(5-7-13)18(22)23/h4-9,19-20H,2-3,10H2,1H3. The minimum atomic E-state index is -0.529. The van der Waals surface area contributed by atoms with Gasteiger partial charge in [0.05, 0.1) is 10.5 Å². The monoisotopic (exact) mass is 331 g/mol. The molecule has 2 aromatic rings. The number of non-ortho nitro benzene ring substituents is 1. The topological polar surface area (TPSA) is 110 Å². The number of nitro groups is 1. The number of nitrogens with zero attached hydrogens (tertiary/aromatic N) is 1. The predicted molar refractivity (Wildman–Crippen MR) is 86.7 cm³/mol. The third kappa shape index (κ3) is 4.01. The highest BCUT2D eigenvalue weighted by atomic mass is 16.6. The van der Waals surface area contributed by atoms with E-state index in [9.17, 15) is 25.1 Å². The number of phenols is 2. The molecule has 2 aromatic carbocycles. The highest BCUT2D eigenvalue weighted by Gasteiger charge is 2.16. The van der Waals surface area contributed by atoms with E-state index in [0.717, 1.165) is 12.5 Å². The van der Waals surface area contributed by atoms with Crippen molar-refractivity contribution in [3.63, 3.8) is 0 Å². The van der Waals surface area contributed by atoms with Crippen molar-refractivity contribution < 1.29 is 24.7 Å². The van der Waals surface area contributed by atoms with Crippen LogP contribution in [0, 0.1) is 10.1 Å². The molecule has 0 radical (unpaired) electrons. The number of nitro benzene ring substituents is 1. The first-order chi connectivity index (χ1) is 11.4. The van der Waals surface area contributed by atoms with E-state index in [1.807, 2.05) is 6.92 Å². The number of phenolic OH excluding ortho intramolecular Hbond substituents is 2. The van der Waals surface area contributed by atoms with Crippen molar-refractivity contribution in [2.45, 2.75) is 19.8 Å². The Bertz CT molecular complexity index is 754. The van der Waals surface area contributed by atoms with Gasteiger partial charge in [-0.05, 0) is 30.2 Å². The Labute approximate surface area is 138 Å². The summed E-state index contributed by atoms with van der Waals surface area (Å²) in [6.45, 7) is 1.60. The van der Waals surface area contributed by atoms with Gasteiger partial charge in [0.2, 0.25) is 5.78 Å². The SMILES string of the molecule is CCCc1cc(C(=O)COc2ccc([N+](=O)[O-])cc2)c(O)cc1O. The van der Waals surface area contributed by atoms with Crippen molar-refractivity contribution in [1.82, 2.24) is 0 Å². The Hall–Kier alpha value is -3.09. The Kier molecular flexibility index (Phi) is 5.36. The summed E-state index contributed by atoms with van der Waals surface area (Å²) in [7, 11) is 0. The molecule has 0 aliphatic rings. The zero-order valence-corrected chi connectivity index (χ0v) is 13.1.